The van der Waals surface area contributed by atoms with Gasteiger partial charge in [0.05, 0.1) is 16.5 Å². The number of anilines is 1. The van der Waals surface area contributed by atoms with E-state index in [-0.39, 0.29) is 22.4 Å². The summed E-state index contributed by atoms with van der Waals surface area (Å²) in [7, 11) is -3.45. The maximum Gasteiger partial charge on any atom is 0.233 e. The summed E-state index contributed by atoms with van der Waals surface area (Å²) in [5.41, 5.74) is 0.219. The van der Waals surface area contributed by atoms with Crippen molar-refractivity contribution < 1.29 is 12.8 Å². The fourth-order valence-corrected chi connectivity index (χ4v) is 3.96. The van der Waals surface area contributed by atoms with E-state index in [0.717, 1.165) is 32.0 Å². The smallest absolute Gasteiger partial charge is 0.233 e. The predicted octanol–water partition coefficient (Wildman–Crippen LogP) is 2.22. The standard InChI is InChI=1S/C12H16ClFN2O2S/c13-11-7-10(14)1-2-12(11)16-19(17,18)8-9-3-5-15-6-4-9/h1-2,7,9,15-16H,3-6,8H2. The second kappa shape index (κ2) is 6.07. The fourth-order valence-electron chi connectivity index (χ4n) is 2.14. The molecule has 4 nitrogen and oxygen atoms in total. The Labute approximate surface area is 117 Å². The Hall–Kier alpha value is -0.850. The Bertz CT molecular complexity index is 545. The molecular weight excluding hydrogens is 291 g/mol. The summed E-state index contributed by atoms with van der Waals surface area (Å²) in [6.07, 6.45) is 1.69. The summed E-state index contributed by atoms with van der Waals surface area (Å²) in [6, 6.07) is 3.59. The van der Waals surface area contributed by atoms with Gasteiger partial charge in [0.2, 0.25) is 10.0 Å². The molecule has 1 saturated heterocycles. The molecule has 106 valence electrons. The highest BCUT2D eigenvalue weighted by Crippen LogP contribution is 2.24. The van der Waals surface area contributed by atoms with E-state index in [9.17, 15) is 12.8 Å². The average Bonchev–Trinajstić information content (AvgIpc) is 2.33. The molecule has 0 unspecified atom stereocenters. The van der Waals surface area contributed by atoms with Crippen molar-refractivity contribution in [2.75, 3.05) is 23.6 Å². The zero-order valence-electron chi connectivity index (χ0n) is 10.3. The van der Waals surface area contributed by atoms with E-state index in [4.69, 9.17) is 11.6 Å². The van der Waals surface area contributed by atoms with Crippen LogP contribution in [0.2, 0.25) is 5.02 Å². The number of piperidine rings is 1. The van der Waals surface area contributed by atoms with Crippen LogP contribution < -0.4 is 10.0 Å². The van der Waals surface area contributed by atoms with Crippen molar-refractivity contribution in [3.63, 3.8) is 0 Å². The lowest BCUT2D eigenvalue weighted by molar-refractivity contribution is 0.402. The van der Waals surface area contributed by atoms with E-state index in [2.05, 4.69) is 10.0 Å². The molecule has 2 N–H and O–H groups in total. The molecule has 0 aromatic heterocycles. The molecule has 0 atom stereocenters. The Morgan fingerprint density at radius 2 is 2.05 bits per heavy atom. The summed E-state index contributed by atoms with van der Waals surface area (Å²) in [4.78, 5) is 0. The molecule has 7 heteroatoms. The second-order valence-electron chi connectivity index (χ2n) is 4.70. The minimum absolute atomic E-state index is 0.0638. The van der Waals surface area contributed by atoms with Gasteiger partial charge in [0, 0.05) is 0 Å². The maximum atomic E-state index is 12.9. The van der Waals surface area contributed by atoms with Crippen molar-refractivity contribution >= 4 is 27.3 Å². The first-order chi connectivity index (χ1) is 8.96. The van der Waals surface area contributed by atoms with Gasteiger partial charge in [0.15, 0.2) is 0 Å². The van der Waals surface area contributed by atoms with Gasteiger partial charge in [-0.2, -0.15) is 0 Å². The van der Waals surface area contributed by atoms with E-state index < -0.39 is 15.8 Å². The molecule has 0 saturated carbocycles. The monoisotopic (exact) mass is 306 g/mol. The van der Waals surface area contributed by atoms with Crippen molar-refractivity contribution in [1.29, 1.82) is 0 Å². The molecule has 1 aromatic carbocycles. The maximum absolute atomic E-state index is 12.9. The molecule has 1 fully saturated rings. The van der Waals surface area contributed by atoms with Crippen molar-refractivity contribution in [3.8, 4) is 0 Å². The molecule has 1 heterocycles. The average molecular weight is 307 g/mol. The van der Waals surface area contributed by atoms with Crippen molar-refractivity contribution in [2.24, 2.45) is 5.92 Å². The van der Waals surface area contributed by atoms with Crippen LogP contribution in [0.5, 0.6) is 0 Å². The molecule has 1 aromatic rings. The molecular formula is C12H16ClFN2O2S. The van der Waals surface area contributed by atoms with Gasteiger partial charge in [0.25, 0.3) is 0 Å². The summed E-state index contributed by atoms with van der Waals surface area (Å²) in [6.45, 7) is 1.69. The highest BCUT2D eigenvalue weighted by molar-refractivity contribution is 7.92. The molecule has 2 rings (SSSR count). The fraction of sp³-hybridized carbons (Fsp3) is 0.500. The van der Waals surface area contributed by atoms with Crippen LogP contribution in [0.1, 0.15) is 12.8 Å². The third-order valence-corrected chi connectivity index (χ3v) is 4.86. The first-order valence-corrected chi connectivity index (χ1v) is 8.15. The normalized spacial score (nSPS) is 17.4. The van der Waals surface area contributed by atoms with Crippen LogP contribution in [0.4, 0.5) is 10.1 Å². The van der Waals surface area contributed by atoms with Crippen molar-refractivity contribution in [3.05, 3.63) is 29.0 Å². The molecule has 19 heavy (non-hydrogen) atoms. The molecule has 0 radical (unpaired) electrons. The number of hydrogen-bond acceptors (Lipinski definition) is 3. The highest BCUT2D eigenvalue weighted by Gasteiger charge is 2.21. The first-order valence-electron chi connectivity index (χ1n) is 6.12. The molecule has 1 aliphatic rings. The Kier molecular flexibility index (Phi) is 4.65. The van der Waals surface area contributed by atoms with Crippen molar-refractivity contribution in [1.82, 2.24) is 5.32 Å². The van der Waals surface area contributed by atoms with E-state index in [1.54, 1.807) is 0 Å². The number of hydrogen-bond donors (Lipinski definition) is 2. The highest BCUT2D eigenvalue weighted by atomic mass is 35.5. The van der Waals surface area contributed by atoms with E-state index in [1.165, 1.54) is 12.1 Å². The zero-order chi connectivity index (χ0) is 13.9. The number of sulfonamides is 1. The van der Waals surface area contributed by atoms with E-state index in [0.29, 0.717) is 0 Å². The summed E-state index contributed by atoms with van der Waals surface area (Å²) >= 11 is 5.80. The number of halogens is 2. The van der Waals surface area contributed by atoms with Crippen LogP contribution in [-0.4, -0.2) is 27.3 Å². The minimum atomic E-state index is -3.45. The van der Waals surface area contributed by atoms with Gasteiger partial charge in [-0.1, -0.05) is 11.6 Å². The van der Waals surface area contributed by atoms with Gasteiger partial charge in [0.1, 0.15) is 5.82 Å². The Morgan fingerprint density at radius 1 is 1.37 bits per heavy atom. The van der Waals surface area contributed by atoms with Gasteiger partial charge >= 0.3 is 0 Å². The topological polar surface area (TPSA) is 58.2 Å². The van der Waals surface area contributed by atoms with Gasteiger partial charge < -0.3 is 5.32 Å². The number of rotatable bonds is 4. The lowest BCUT2D eigenvalue weighted by Crippen LogP contribution is -2.33. The van der Waals surface area contributed by atoms with Crippen LogP contribution in [-0.2, 0) is 10.0 Å². The number of benzene rings is 1. The van der Waals surface area contributed by atoms with Gasteiger partial charge in [-0.15, -0.1) is 0 Å². The second-order valence-corrected chi connectivity index (χ2v) is 6.88. The minimum Gasteiger partial charge on any atom is -0.317 e. The van der Waals surface area contributed by atoms with Crippen LogP contribution >= 0.6 is 11.6 Å². The summed E-state index contributed by atoms with van der Waals surface area (Å²) < 4.78 is 39.3. The molecule has 0 spiro atoms. The molecule has 0 aliphatic carbocycles. The predicted molar refractivity (Wildman–Crippen MR) is 74.4 cm³/mol. The van der Waals surface area contributed by atoms with Crippen LogP contribution in [0.3, 0.4) is 0 Å². The lowest BCUT2D eigenvalue weighted by Gasteiger charge is -2.22. The van der Waals surface area contributed by atoms with Crippen molar-refractivity contribution in [2.45, 2.75) is 12.8 Å². The summed E-state index contributed by atoms with van der Waals surface area (Å²) in [5, 5.41) is 3.25. The SMILES string of the molecule is O=S(=O)(CC1CCNCC1)Nc1ccc(F)cc1Cl. The number of nitrogens with one attached hydrogen (secondary N) is 2. The van der Waals surface area contributed by atoms with Gasteiger partial charge in [-0.05, 0) is 50.0 Å². The largest absolute Gasteiger partial charge is 0.317 e. The lowest BCUT2D eigenvalue weighted by atomic mass is 10.0. The zero-order valence-corrected chi connectivity index (χ0v) is 11.9. The first kappa shape index (κ1) is 14.6. The van der Waals surface area contributed by atoms with Gasteiger partial charge in [-0.3, -0.25) is 4.72 Å². The van der Waals surface area contributed by atoms with Gasteiger partial charge in [-0.25, -0.2) is 12.8 Å². The van der Waals surface area contributed by atoms with Crippen LogP contribution in [0, 0.1) is 11.7 Å². The van der Waals surface area contributed by atoms with E-state index >= 15 is 0 Å². The molecule has 0 bridgehead atoms. The quantitative estimate of drug-likeness (QED) is 0.897. The van der Waals surface area contributed by atoms with Crippen LogP contribution in [0.15, 0.2) is 18.2 Å². The Morgan fingerprint density at radius 3 is 2.68 bits per heavy atom. The molecule has 0 amide bonds. The van der Waals surface area contributed by atoms with Crippen LogP contribution in [0.25, 0.3) is 0 Å². The summed E-state index contributed by atoms with van der Waals surface area (Å²) in [5.74, 6) is -0.271. The molecule has 1 aliphatic heterocycles. The third kappa shape index (κ3) is 4.33. The third-order valence-electron chi connectivity index (χ3n) is 3.11. The van der Waals surface area contributed by atoms with E-state index in [1.807, 2.05) is 0 Å². The Balaban J connectivity index is 2.03.